The molecule has 0 amide bonds. The van der Waals surface area contributed by atoms with Crippen molar-refractivity contribution < 1.29 is 23.8 Å². The molecule has 0 unspecified atom stereocenters. The number of ether oxygens (including phenoxy) is 3. The van der Waals surface area contributed by atoms with E-state index in [9.17, 15) is 9.59 Å². The molecule has 0 radical (unpaired) electrons. The first kappa shape index (κ1) is 20.0. The molecule has 5 heteroatoms. The van der Waals surface area contributed by atoms with Gasteiger partial charge in [-0.25, -0.2) is 0 Å². The lowest BCUT2D eigenvalue weighted by Gasteiger charge is -2.45. The average Bonchev–Trinajstić information content (AvgIpc) is 3.11. The van der Waals surface area contributed by atoms with Crippen molar-refractivity contribution in [2.24, 2.45) is 0 Å². The second-order valence-corrected chi connectivity index (χ2v) is 8.57. The maximum Gasteiger partial charge on any atom is 0.321 e. The second kappa shape index (κ2) is 7.65. The molecular formula is C26H26O5. The van der Waals surface area contributed by atoms with Crippen molar-refractivity contribution in [1.29, 1.82) is 0 Å². The Balaban J connectivity index is 1.80. The number of cyclic esters (lactones) is 1. The molecule has 0 aromatic heterocycles. The first-order chi connectivity index (χ1) is 15.1. The summed E-state index contributed by atoms with van der Waals surface area (Å²) in [5.41, 5.74) is 2.08. The lowest BCUT2D eigenvalue weighted by Crippen LogP contribution is -2.55. The zero-order valence-corrected chi connectivity index (χ0v) is 17.6. The summed E-state index contributed by atoms with van der Waals surface area (Å²) in [4.78, 5) is 26.5. The molecule has 0 bridgehead atoms. The Labute approximate surface area is 182 Å². The molecule has 1 fully saturated rings. The van der Waals surface area contributed by atoms with Crippen molar-refractivity contribution in [1.82, 2.24) is 0 Å². The van der Waals surface area contributed by atoms with Crippen LogP contribution in [0.4, 0.5) is 0 Å². The molecule has 1 aliphatic heterocycles. The summed E-state index contributed by atoms with van der Waals surface area (Å²) in [5, 5.41) is 0. The Morgan fingerprint density at radius 3 is 2.68 bits per heavy atom. The molecule has 160 valence electrons. The Bertz CT molecular complexity index is 1040. The largest absolute Gasteiger partial charge is 0.468 e. The SMILES string of the molecule is COC(=O)[C@@H]1C=C[C@]23C(=O)OCCCCOC[C@@]2(c2ccccc2)Cc2cccc1c23. The maximum absolute atomic E-state index is 13.9. The first-order valence-electron chi connectivity index (χ1n) is 10.8. The Morgan fingerprint density at radius 2 is 1.87 bits per heavy atom. The van der Waals surface area contributed by atoms with Gasteiger partial charge in [-0.3, -0.25) is 9.59 Å². The van der Waals surface area contributed by atoms with Gasteiger partial charge in [-0.15, -0.1) is 0 Å². The van der Waals surface area contributed by atoms with Crippen molar-refractivity contribution in [2.45, 2.75) is 36.0 Å². The summed E-state index contributed by atoms with van der Waals surface area (Å²) in [6, 6.07) is 16.0. The van der Waals surface area contributed by atoms with Crippen LogP contribution in [0.5, 0.6) is 0 Å². The number of esters is 2. The molecule has 2 aromatic rings. The van der Waals surface area contributed by atoms with Crippen LogP contribution in [0.1, 0.15) is 41.0 Å². The van der Waals surface area contributed by atoms with Crippen molar-refractivity contribution in [3.63, 3.8) is 0 Å². The summed E-state index contributed by atoms with van der Waals surface area (Å²) in [5.74, 6) is -1.14. The van der Waals surface area contributed by atoms with Gasteiger partial charge >= 0.3 is 11.9 Å². The van der Waals surface area contributed by atoms with Gasteiger partial charge in [0.05, 0.1) is 20.3 Å². The van der Waals surface area contributed by atoms with Crippen molar-refractivity contribution in [2.75, 3.05) is 26.9 Å². The Kier molecular flexibility index (Phi) is 4.94. The number of carbonyl (C=O) groups excluding carboxylic acids is 2. The lowest BCUT2D eigenvalue weighted by molar-refractivity contribution is -0.154. The molecule has 2 aliphatic carbocycles. The monoisotopic (exact) mass is 418 g/mol. The van der Waals surface area contributed by atoms with Gasteiger partial charge in [-0.1, -0.05) is 60.7 Å². The van der Waals surface area contributed by atoms with Crippen molar-refractivity contribution in [3.8, 4) is 0 Å². The van der Waals surface area contributed by atoms with Crippen molar-refractivity contribution in [3.05, 3.63) is 82.9 Å². The van der Waals surface area contributed by atoms with Crippen molar-refractivity contribution >= 4 is 11.9 Å². The van der Waals surface area contributed by atoms with Gasteiger partial charge in [0.15, 0.2) is 0 Å². The fourth-order valence-corrected chi connectivity index (χ4v) is 5.66. The van der Waals surface area contributed by atoms with Gasteiger partial charge in [-0.2, -0.15) is 0 Å². The number of benzene rings is 2. The Morgan fingerprint density at radius 1 is 1.06 bits per heavy atom. The lowest BCUT2D eigenvalue weighted by atomic mass is 9.57. The van der Waals surface area contributed by atoms with Crippen LogP contribution in [-0.4, -0.2) is 38.9 Å². The fourth-order valence-electron chi connectivity index (χ4n) is 5.66. The van der Waals surface area contributed by atoms with E-state index >= 15 is 0 Å². The normalized spacial score (nSPS) is 29.5. The van der Waals surface area contributed by atoms with E-state index < -0.39 is 16.7 Å². The molecule has 3 atom stereocenters. The standard InChI is InChI=1S/C26H26O5/c1-29-23(27)21-12-13-26-22-18(8-7-11-20(21)22)16-25(26,19-9-3-2-4-10-19)17-30-14-5-6-15-31-24(26)28/h2-4,7-13,21H,5-6,14-17H2,1H3/t21-,25-,26+/m1/s1. The topological polar surface area (TPSA) is 61.8 Å². The average molecular weight is 418 g/mol. The van der Waals surface area contributed by atoms with E-state index in [1.165, 1.54) is 7.11 Å². The van der Waals surface area contributed by atoms with Crippen LogP contribution in [0, 0.1) is 0 Å². The summed E-state index contributed by atoms with van der Waals surface area (Å²) >= 11 is 0. The predicted octanol–water partition coefficient (Wildman–Crippen LogP) is 3.60. The van der Waals surface area contributed by atoms with Crippen LogP contribution in [0.15, 0.2) is 60.7 Å². The Hall–Kier alpha value is -2.92. The minimum Gasteiger partial charge on any atom is -0.468 e. The molecule has 31 heavy (non-hydrogen) atoms. The highest BCUT2D eigenvalue weighted by atomic mass is 16.5. The van der Waals surface area contributed by atoms with Crippen LogP contribution in [-0.2, 0) is 41.1 Å². The third kappa shape index (κ3) is 2.79. The molecule has 3 aliphatic rings. The summed E-state index contributed by atoms with van der Waals surface area (Å²) in [7, 11) is 1.39. The van der Waals surface area contributed by atoms with Crippen LogP contribution in [0.2, 0.25) is 0 Å². The third-order valence-electron chi connectivity index (χ3n) is 7.07. The second-order valence-electron chi connectivity index (χ2n) is 8.57. The highest BCUT2D eigenvalue weighted by molar-refractivity contribution is 5.95. The van der Waals surface area contributed by atoms with Crippen LogP contribution < -0.4 is 0 Å². The van der Waals surface area contributed by atoms with E-state index in [0.717, 1.165) is 35.1 Å². The van der Waals surface area contributed by atoms with Gasteiger partial charge in [0.1, 0.15) is 11.3 Å². The molecule has 0 saturated carbocycles. The molecule has 5 rings (SSSR count). The number of methoxy groups -OCH3 is 1. The highest BCUT2D eigenvalue weighted by Crippen LogP contribution is 2.59. The van der Waals surface area contributed by atoms with Gasteiger partial charge in [-0.05, 0) is 41.5 Å². The minimum atomic E-state index is -1.05. The first-order valence-corrected chi connectivity index (χ1v) is 10.8. The molecule has 2 aromatic carbocycles. The molecule has 1 heterocycles. The summed E-state index contributed by atoms with van der Waals surface area (Å²) in [6.45, 7) is 1.38. The number of carbonyl (C=O) groups is 2. The number of hydrogen-bond acceptors (Lipinski definition) is 5. The highest BCUT2D eigenvalue weighted by Gasteiger charge is 2.65. The fraction of sp³-hybridized carbons (Fsp3) is 0.385. The minimum absolute atomic E-state index is 0.271. The van der Waals surface area contributed by atoms with Crippen LogP contribution >= 0.6 is 0 Å². The summed E-state index contributed by atoms with van der Waals surface area (Å²) in [6.07, 6.45) is 5.96. The molecular weight excluding hydrogens is 392 g/mol. The maximum atomic E-state index is 13.9. The smallest absolute Gasteiger partial charge is 0.321 e. The van der Waals surface area contributed by atoms with E-state index in [1.54, 1.807) is 0 Å². The molecule has 0 N–H and O–H groups in total. The van der Waals surface area contributed by atoms with Crippen LogP contribution in [0.25, 0.3) is 0 Å². The van der Waals surface area contributed by atoms with Gasteiger partial charge in [0.2, 0.25) is 0 Å². The number of rotatable bonds is 2. The molecule has 5 nitrogen and oxygen atoms in total. The molecule has 1 spiro atoms. The number of hydrogen-bond donors (Lipinski definition) is 0. The zero-order valence-electron chi connectivity index (χ0n) is 17.6. The van der Waals surface area contributed by atoms with Gasteiger partial charge in [0.25, 0.3) is 0 Å². The predicted molar refractivity (Wildman–Crippen MR) is 115 cm³/mol. The van der Waals surface area contributed by atoms with E-state index in [2.05, 4.69) is 18.2 Å². The zero-order chi connectivity index (χ0) is 21.5. The van der Waals surface area contributed by atoms with Crippen LogP contribution in [0.3, 0.4) is 0 Å². The third-order valence-corrected chi connectivity index (χ3v) is 7.07. The van der Waals surface area contributed by atoms with E-state index in [0.29, 0.717) is 26.2 Å². The molecule has 1 saturated heterocycles. The van der Waals surface area contributed by atoms with Gasteiger partial charge in [0, 0.05) is 12.0 Å². The van der Waals surface area contributed by atoms with E-state index in [-0.39, 0.29) is 11.9 Å². The summed E-state index contributed by atoms with van der Waals surface area (Å²) < 4.78 is 17.2. The van der Waals surface area contributed by atoms with E-state index in [1.807, 2.05) is 42.5 Å². The van der Waals surface area contributed by atoms with Gasteiger partial charge < -0.3 is 14.2 Å². The van der Waals surface area contributed by atoms with E-state index in [4.69, 9.17) is 14.2 Å². The quantitative estimate of drug-likeness (QED) is 0.551.